The summed E-state index contributed by atoms with van der Waals surface area (Å²) in [6.07, 6.45) is 0. The van der Waals surface area contributed by atoms with Crippen LogP contribution in [-0.2, 0) is 23.5 Å². The molecular formula is C22H23N3O3. The Labute approximate surface area is 163 Å². The molecule has 0 aliphatic carbocycles. The smallest absolute Gasteiger partial charge is 0.221 e. The molecule has 28 heavy (non-hydrogen) atoms. The third-order valence-corrected chi connectivity index (χ3v) is 4.81. The van der Waals surface area contributed by atoms with Gasteiger partial charge in [-0.1, -0.05) is 30.3 Å². The largest absolute Gasteiger partial charge is 0.487 e. The zero-order valence-corrected chi connectivity index (χ0v) is 16.2. The van der Waals surface area contributed by atoms with Gasteiger partial charge in [0.05, 0.1) is 23.5 Å². The maximum absolute atomic E-state index is 11.3. The molecule has 1 aliphatic heterocycles. The van der Waals surface area contributed by atoms with E-state index in [0.29, 0.717) is 18.8 Å². The van der Waals surface area contributed by atoms with E-state index in [2.05, 4.69) is 5.32 Å². The lowest BCUT2D eigenvalue weighted by Gasteiger charge is -2.20. The molecule has 0 spiro atoms. The molecule has 2 heterocycles. The van der Waals surface area contributed by atoms with Gasteiger partial charge in [0.15, 0.2) is 0 Å². The van der Waals surface area contributed by atoms with Gasteiger partial charge in [-0.25, -0.2) is 0 Å². The summed E-state index contributed by atoms with van der Waals surface area (Å²) in [5.74, 6) is 0.631. The summed E-state index contributed by atoms with van der Waals surface area (Å²) in [4.78, 5) is 11.3. The summed E-state index contributed by atoms with van der Waals surface area (Å²) in [5, 5.41) is 18.1. The van der Waals surface area contributed by atoms with E-state index in [9.17, 15) is 9.90 Å². The maximum atomic E-state index is 11.3. The third-order valence-electron chi connectivity index (χ3n) is 4.81. The monoisotopic (exact) mass is 377 g/mol. The minimum atomic E-state index is -0.958. The number of nitrogens with one attached hydrogen (secondary N) is 1. The molecule has 0 unspecified atom stereocenters. The maximum Gasteiger partial charge on any atom is 0.221 e. The standard InChI is InChI=1S/C22H23N3O3/c1-14(26)23-16-9-8-15-12-25-17(13-28-21(15)10-16)11-20(24-25)18-6-4-5-7-19(18)22(2,3)27/h4-11,27H,12-13H2,1-3H3,(H,23,26). The van der Waals surface area contributed by atoms with Crippen LogP contribution >= 0.6 is 0 Å². The van der Waals surface area contributed by atoms with E-state index in [-0.39, 0.29) is 5.91 Å². The summed E-state index contributed by atoms with van der Waals surface area (Å²) >= 11 is 0. The Morgan fingerprint density at radius 3 is 2.75 bits per heavy atom. The van der Waals surface area contributed by atoms with Crippen LogP contribution in [0.1, 0.15) is 37.6 Å². The van der Waals surface area contributed by atoms with Crippen molar-refractivity contribution in [2.45, 2.75) is 39.5 Å². The van der Waals surface area contributed by atoms with Crippen LogP contribution in [0.2, 0.25) is 0 Å². The molecule has 1 aliphatic rings. The highest BCUT2D eigenvalue weighted by Crippen LogP contribution is 2.33. The number of aliphatic hydroxyl groups is 1. The van der Waals surface area contributed by atoms with Crippen molar-refractivity contribution in [3.63, 3.8) is 0 Å². The second-order valence-corrected chi connectivity index (χ2v) is 7.58. The van der Waals surface area contributed by atoms with Gasteiger partial charge in [0.2, 0.25) is 5.91 Å². The first-order valence-electron chi connectivity index (χ1n) is 9.23. The van der Waals surface area contributed by atoms with Crippen LogP contribution < -0.4 is 10.1 Å². The lowest BCUT2D eigenvalue weighted by Crippen LogP contribution is -2.16. The minimum absolute atomic E-state index is 0.114. The van der Waals surface area contributed by atoms with Crippen LogP contribution in [-0.4, -0.2) is 20.8 Å². The highest BCUT2D eigenvalue weighted by Gasteiger charge is 2.23. The highest BCUT2D eigenvalue weighted by atomic mass is 16.5. The number of carbonyl (C=O) groups excluding carboxylic acids is 1. The van der Waals surface area contributed by atoms with Crippen molar-refractivity contribution in [2.75, 3.05) is 5.32 Å². The number of hydrogen-bond donors (Lipinski definition) is 2. The minimum Gasteiger partial charge on any atom is -0.487 e. The molecule has 0 saturated heterocycles. The highest BCUT2D eigenvalue weighted by molar-refractivity contribution is 5.88. The van der Waals surface area contributed by atoms with Gasteiger partial charge < -0.3 is 15.2 Å². The van der Waals surface area contributed by atoms with E-state index in [0.717, 1.165) is 33.8 Å². The summed E-state index contributed by atoms with van der Waals surface area (Å²) < 4.78 is 7.91. The van der Waals surface area contributed by atoms with Crippen LogP contribution in [0.25, 0.3) is 11.3 Å². The quantitative estimate of drug-likeness (QED) is 0.730. The van der Waals surface area contributed by atoms with Gasteiger partial charge in [-0.05, 0) is 31.5 Å². The number of rotatable bonds is 3. The molecule has 0 fully saturated rings. The zero-order chi connectivity index (χ0) is 19.9. The van der Waals surface area contributed by atoms with Crippen molar-refractivity contribution in [3.05, 3.63) is 65.4 Å². The van der Waals surface area contributed by atoms with Crippen molar-refractivity contribution in [1.29, 1.82) is 0 Å². The van der Waals surface area contributed by atoms with Gasteiger partial charge in [-0.15, -0.1) is 0 Å². The molecule has 1 aromatic heterocycles. The Balaban J connectivity index is 1.68. The molecule has 0 bridgehead atoms. The molecule has 0 saturated carbocycles. The van der Waals surface area contributed by atoms with Crippen molar-refractivity contribution in [1.82, 2.24) is 9.78 Å². The van der Waals surface area contributed by atoms with Gasteiger partial charge in [0.25, 0.3) is 0 Å². The van der Waals surface area contributed by atoms with E-state index in [1.165, 1.54) is 6.92 Å². The molecule has 1 amide bonds. The first-order chi connectivity index (χ1) is 13.3. The van der Waals surface area contributed by atoms with Crippen molar-refractivity contribution in [3.8, 4) is 17.0 Å². The average molecular weight is 377 g/mol. The van der Waals surface area contributed by atoms with Gasteiger partial charge in [-0.3, -0.25) is 9.48 Å². The van der Waals surface area contributed by atoms with E-state index in [4.69, 9.17) is 9.84 Å². The van der Waals surface area contributed by atoms with Crippen LogP contribution in [0.15, 0.2) is 48.5 Å². The SMILES string of the molecule is CC(=O)Nc1ccc2c(c1)OCc1cc(-c3ccccc3C(C)(C)O)nn1C2. The van der Waals surface area contributed by atoms with Gasteiger partial charge in [-0.2, -0.15) is 5.10 Å². The fourth-order valence-electron chi connectivity index (χ4n) is 3.49. The Bertz CT molecular complexity index is 1050. The van der Waals surface area contributed by atoms with Gasteiger partial charge in [0, 0.05) is 29.8 Å². The molecule has 6 nitrogen and oxygen atoms in total. The summed E-state index contributed by atoms with van der Waals surface area (Å²) in [6.45, 7) is 6.00. The predicted octanol–water partition coefficient (Wildman–Crippen LogP) is 3.68. The molecule has 4 rings (SSSR count). The first-order valence-corrected chi connectivity index (χ1v) is 9.23. The fourth-order valence-corrected chi connectivity index (χ4v) is 3.49. The average Bonchev–Trinajstić information content (AvgIpc) is 2.95. The Kier molecular flexibility index (Phi) is 4.43. The molecule has 2 aromatic carbocycles. The van der Waals surface area contributed by atoms with Gasteiger partial charge in [0.1, 0.15) is 12.4 Å². The normalized spacial score (nSPS) is 13.1. The zero-order valence-electron chi connectivity index (χ0n) is 16.2. The number of aromatic nitrogens is 2. The molecule has 144 valence electrons. The van der Waals surface area contributed by atoms with E-state index >= 15 is 0 Å². The van der Waals surface area contributed by atoms with E-state index in [1.54, 1.807) is 13.8 Å². The number of nitrogens with zero attached hydrogens (tertiary/aromatic N) is 2. The lowest BCUT2D eigenvalue weighted by atomic mass is 9.92. The molecule has 3 aromatic rings. The number of hydrogen-bond acceptors (Lipinski definition) is 4. The third kappa shape index (κ3) is 3.51. The van der Waals surface area contributed by atoms with Crippen LogP contribution in [0.4, 0.5) is 5.69 Å². The number of amides is 1. The van der Waals surface area contributed by atoms with Crippen LogP contribution in [0.5, 0.6) is 5.75 Å². The number of anilines is 1. The fraction of sp³-hybridized carbons (Fsp3) is 0.273. The molecule has 0 atom stereocenters. The van der Waals surface area contributed by atoms with Crippen molar-refractivity contribution >= 4 is 11.6 Å². The molecule has 6 heteroatoms. The number of fused-ring (bicyclic) bond motifs is 2. The Morgan fingerprint density at radius 2 is 2.00 bits per heavy atom. The van der Waals surface area contributed by atoms with Crippen LogP contribution in [0, 0.1) is 0 Å². The molecule has 0 radical (unpaired) electrons. The second-order valence-electron chi connectivity index (χ2n) is 7.58. The van der Waals surface area contributed by atoms with Crippen LogP contribution in [0.3, 0.4) is 0 Å². The number of benzene rings is 2. The Hall–Kier alpha value is -3.12. The summed E-state index contributed by atoms with van der Waals surface area (Å²) in [6, 6.07) is 15.4. The van der Waals surface area contributed by atoms with Crippen molar-refractivity contribution in [2.24, 2.45) is 0 Å². The predicted molar refractivity (Wildman–Crippen MR) is 107 cm³/mol. The van der Waals surface area contributed by atoms with Gasteiger partial charge >= 0.3 is 0 Å². The van der Waals surface area contributed by atoms with E-state index in [1.807, 2.05) is 53.2 Å². The summed E-state index contributed by atoms with van der Waals surface area (Å²) in [5.41, 5.74) is 4.28. The topological polar surface area (TPSA) is 76.4 Å². The van der Waals surface area contributed by atoms with Crippen molar-refractivity contribution < 1.29 is 14.6 Å². The number of ether oxygens (including phenoxy) is 1. The first kappa shape index (κ1) is 18.3. The van der Waals surface area contributed by atoms with E-state index < -0.39 is 5.60 Å². The summed E-state index contributed by atoms with van der Waals surface area (Å²) in [7, 11) is 0. The molecule has 2 N–H and O–H groups in total. The Morgan fingerprint density at radius 1 is 1.21 bits per heavy atom. The number of carbonyl (C=O) groups is 1. The lowest BCUT2D eigenvalue weighted by molar-refractivity contribution is -0.114. The second kappa shape index (κ2) is 6.80. The molecular weight excluding hydrogens is 354 g/mol.